The molecule has 0 spiro atoms. The number of piperidine rings is 1. The van der Waals surface area contributed by atoms with Crippen molar-refractivity contribution in [3.63, 3.8) is 0 Å². The first-order valence-corrected chi connectivity index (χ1v) is 9.61. The number of rotatable bonds is 7. The lowest BCUT2D eigenvalue weighted by molar-refractivity contribution is 0.0597. The molecule has 25 heavy (non-hydrogen) atoms. The van der Waals surface area contributed by atoms with Gasteiger partial charge in [-0.15, -0.1) is 0 Å². The summed E-state index contributed by atoms with van der Waals surface area (Å²) in [5, 5.41) is 2.83. The summed E-state index contributed by atoms with van der Waals surface area (Å²) >= 11 is 6.24. The summed E-state index contributed by atoms with van der Waals surface area (Å²) in [6.45, 7) is 10.0. The van der Waals surface area contributed by atoms with Gasteiger partial charge in [0.05, 0.1) is 13.2 Å². The van der Waals surface area contributed by atoms with Crippen molar-refractivity contribution in [2.24, 2.45) is 11.8 Å². The molecule has 0 bridgehead atoms. The largest absolute Gasteiger partial charge is 0.491 e. The third-order valence-corrected chi connectivity index (χ3v) is 5.14. The second-order valence-corrected chi connectivity index (χ2v) is 7.66. The number of benzene rings is 2. The predicted octanol–water partition coefficient (Wildman–Crippen LogP) is 4.87. The van der Waals surface area contributed by atoms with E-state index in [1.165, 1.54) is 19.5 Å². The highest BCUT2D eigenvalue weighted by atomic mass is 35.5. The number of nitrogens with zero attached hydrogens (tertiary/aromatic N) is 1. The van der Waals surface area contributed by atoms with Crippen LogP contribution in [0.1, 0.15) is 20.3 Å². The highest BCUT2D eigenvalue weighted by Crippen LogP contribution is 2.31. The van der Waals surface area contributed by atoms with Gasteiger partial charge in [-0.2, -0.15) is 0 Å². The summed E-state index contributed by atoms with van der Waals surface area (Å²) in [6.07, 6.45) is 1.35. The van der Waals surface area contributed by atoms with Gasteiger partial charge in [0, 0.05) is 35.4 Å². The second-order valence-electron chi connectivity index (χ2n) is 7.26. The maximum absolute atomic E-state index is 6.24. The molecule has 0 saturated carbocycles. The molecule has 2 atom stereocenters. The lowest BCUT2D eigenvalue weighted by atomic mass is 9.92. The first kappa shape index (κ1) is 18.5. The zero-order chi connectivity index (χ0) is 17.6. The molecular formula is C21H28ClNO2. The molecule has 3 rings (SSSR count). The molecule has 0 aliphatic carbocycles. The van der Waals surface area contributed by atoms with Crippen LogP contribution in [0.5, 0.6) is 5.75 Å². The van der Waals surface area contributed by atoms with Crippen LogP contribution in [0.4, 0.5) is 0 Å². The van der Waals surface area contributed by atoms with Gasteiger partial charge in [0.2, 0.25) is 0 Å². The standard InChI is InChI=1S/C21H28ClNO2/c1-16-13-17(2)15-23(14-16)9-10-24-11-12-25-21-8-7-20(22)18-5-3-4-6-19(18)21/h3-8,16-17H,9-15H2,1-2H3/t16-,17-/m1/s1. The van der Waals surface area contributed by atoms with E-state index in [1.54, 1.807) is 0 Å². The Kier molecular flexibility index (Phi) is 6.57. The van der Waals surface area contributed by atoms with Crippen molar-refractivity contribution >= 4 is 22.4 Å². The fraction of sp³-hybridized carbons (Fsp3) is 0.524. The Labute approximate surface area is 155 Å². The molecule has 0 radical (unpaired) electrons. The third-order valence-electron chi connectivity index (χ3n) is 4.81. The first-order valence-electron chi connectivity index (χ1n) is 9.23. The van der Waals surface area contributed by atoms with Crippen LogP contribution >= 0.6 is 11.6 Å². The van der Waals surface area contributed by atoms with Crippen LogP contribution in [0, 0.1) is 11.8 Å². The molecule has 1 fully saturated rings. The van der Waals surface area contributed by atoms with Crippen molar-refractivity contribution in [2.75, 3.05) is 39.5 Å². The lowest BCUT2D eigenvalue weighted by Crippen LogP contribution is -2.40. The highest BCUT2D eigenvalue weighted by Gasteiger charge is 2.21. The van der Waals surface area contributed by atoms with Crippen molar-refractivity contribution in [3.8, 4) is 5.75 Å². The van der Waals surface area contributed by atoms with E-state index in [2.05, 4.69) is 18.7 Å². The normalized spacial score (nSPS) is 21.6. The molecule has 1 aliphatic rings. The Morgan fingerprint density at radius 2 is 1.68 bits per heavy atom. The van der Waals surface area contributed by atoms with Gasteiger partial charge in [-0.1, -0.05) is 49.7 Å². The summed E-state index contributed by atoms with van der Waals surface area (Å²) in [5.41, 5.74) is 0. The molecular weight excluding hydrogens is 334 g/mol. The van der Waals surface area contributed by atoms with Gasteiger partial charge in [-0.25, -0.2) is 0 Å². The maximum atomic E-state index is 6.24. The monoisotopic (exact) mass is 361 g/mol. The SMILES string of the molecule is C[C@@H]1C[C@@H](C)CN(CCOCCOc2ccc(Cl)c3ccccc23)C1. The van der Waals surface area contributed by atoms with Crippen LogP contribution in [-0.2, 0) is 4.74 Å². The molecule has 3 nitrogen and oxygen atoms in total. The van der Waals surface area contributed by atoms with Crippen LogP contribution in [0.2, 0.25) is 5.02 Å². The molecule has 1 heterocycles. The van der Waals surface area contributed by atoms with E-state index in [0.29, 0.717) is 13.2 Å². The number of hydrogen-bond donors (Lipinski definition) is 0. The molecule has 0 amide bonds. The molecule has 136 valence electrons. The number of halogens is 1. The number of hydrogen-bond acceptors (Lipinski definition) is 3. The zero-order valence-electron chi connectivity index (χ0n) is 15.2. The molecule has 0 aromatic heterocycles. The van der Waals surface area contributed by atoms with Gasteiger partial charge in [0.1, 0.15) is 12.4 Å². The quantitative estimate of drug-likeness (QED) is 0.657. The van der Waals surface area contributed by atoms with Crippen molar-refractivity contribution < 1.29 is 9.47 Å². The number of fused-ring (bicyclic) bond motifs is 1. The predicted molar refractivity (Wildman–Crippen MR) is 105 cm³/mol. The molecule has 1 aliphatic heterocycles. The van der Waals surface area contributed by atoms with E-state index in [4.69, 9.17) is 21.1 Å². The maximum Gasteiger partial charge on any atom is 0.127 e. The Morgan fingerprint density at radius 3 is 2.44 bits per heavy atom. The summed E-state index contributed by atoms with van der Waals surface area (Å²) in [7, 11) is 0. The van der Waals surface area contributed by atoms with Crippen LogP contribution in [0.25, 0.3) is 10.8 Å². The molecule has 0 unspecified atom stereocenters. The van der Waals surface area contributed by atoms with Gasteiger partial charge in [0.25, 0.3) is 0 Å². The molecule has 2 aromatic carbocycles. The smallest absolute Gasteiger partial charge is 0.127 e. The average Bonchev–Trinajstić information content (AvgIpc) is 2.59. The Balaban J connectivity index is 1.40. The van der Waals surface area contributed by atoms with Crippen LogP contribution < -0.4 is 4.74 Å². The van der Waals surface area contributed by atoms with E-state index >= 15 is 0 Å². The van der Waals surface area contributed by atoms with Gasteiger partial charge in [-0.3, -0.25) is 0 Å². The molecule has 0 N–H and O–H groups in total. The van der Waals surface area contributed by atoms with Gasteiger partial charge in [0.15, 0.2) is 0 Å². The Hall–Kier alpha value is -1.29. The average molecular weight is 362 g/mol. The Bertz CT molecular complexity index is 681. The van der Waals surface area contributed by atoms with Crippen molar-refractivity contribution in [3.05, 3.63) is 41.4 Å². The van der Waals surface area contributed by atoms with Crippen molar-refractivity contribution in [1.29, 1.82) is 0 Å². The van der Waals surface area contributed by atoms with Crippen molar-refractivity contribution in [2.45, 2.75) is 20.3 Å². The number of ether oxygens (including phenoxy) is 2. The molecule has 4 heteroatoms. The fourth-order valence-corrected chi connectivity index (χ4v) is 4.07. The molecule has 1 saturated heterocycles. The van der Waals surface area contributed by atoms with Crippen LogP contribution in [0.15, 0.2) is 36.4 Å². The third kappa shape index (κ3) is 5.10. The summed E-state index contributed by atoms with van der Waals surface area (Å²) in [5.74, 6) is 2.46. The topological polar surface area (TPSA) is 21.7 Å². The van der Waals surface area contributed by atoms with E-state index in [-0.39, 0.29) is 0 Å². The van der Waals surface area contributed by atoms with E-state index < -0.39 is 0 Å². The first-order chi connectivity index (χ1) is 12.1. The van der Waals surface area contributed by atoms with E-state index in [0.717, 1.165) is 46.5 Å². The second kappa shape index (κ2) is 8.88. The zero-order valence-corrected chi connectivity index (χ0v) is 16.0. The van der Waals surface area contributed by atoms with Gasteiger partial charge < -0.3 is 14.4 Å². The van der Waals surface area contributed by atoms with Gasteiger partial charge >= 0.3 is 0 Å². The van der Waals surface area contributed by atoms with Crippen LogP contribution in [0.3, 0.4) is 0 Å². The summed E-state index contributed by atoms with van der Waals surface area (Å²) in [4.78, 5) is 2.52. The minimum absolute atomic E-state index is 0.554. The van der Waals surface area contributed by atoms with Crippen LogP contribution in [-0.4, -0.2) is 44.4 Å². The number of likely N-dealkylation sites (tertiary alicyclic amines) is 1. The highest BCUT2D eigenvalue weighted by molar-refractivity contribution is 6.35. The Morgan fingerprint density at radius 1 is 0.960 bits per heavy atom. The minimum atomic E-state index is 0.554. The van der Waals surface area contributed by atoms with E-state index in [1.807, 2.05) is 36.4 Å². The summed E-state index contributed by atoms with van der Waals surface area (Å²) in [6, 6.07) is 11.9. The van der Waals surface area contributed by atoms with Crippen molar-refractivity contribution in [1.82, 2.24) is 4.90 Å². The lowest BCUT2D eigenvalue weighted by Gasteiger charge is -2.34. The fourth-order valence-electron chi connectivity index (χ4n) is 3.84. The minimum Gasteiger partial charge on any atom is -0.491 e. The summed E-state index contributed by atoms with van der Waals surface area (Å²) < 4.78 is 11.7. The van der Waals surface area contributed by atoms with Gasteiger partial charge in [-0.05, 0) is 30.4 Å². The van der Waals surface area contributed by atoms with E-state index in [9.17, 15) is 0 Å². The molecule has 2 aromatic rings.